The Hall–Kier alpha value is -2.72. The Balaban J connectivity index is 1.94. The van der Waals surface area contributed by atoms with Crippen molar-refractivity contribution < 1.29 is 4.79 Å². The van der Waals surface area contributed by atoms with E-state index < -0.39 is 0 Å². The third-order valence-corrected chi connectivity index (χ3v) is 2.82. The zero-order chi connectivity index (χ0) is 14.2. The molecular formula is C14H15N5O. The Kier molecular flexibility index (Phi) is 4.81. The summed E-state index contributed by atoms with van der Waals surface area (Å²) in [5, 5.41) is 11.0. The van der Waals surface area contributed by atoms with Gasteiger partial charge in [-0.3, -0.25) is 0 Å². The lowest BCUT2D eigenvalue weighted by molar-refractivity contribution is 0.252. The lowest BCUT2D eigenvalue weighted by Crippen LogP contribution is -2.29. The second-order valence-corrected chi connectivity index (χ2v) is 4.22. The van der Waals surface area contributed by atoms with E-state index in [1.807, 2.05) is 42.5 Å². The summed E-state index contributed by atoms with van der Waals surface area (Å²) in [6.45, 7) is 0.848. The predicted octanol–water partition coefficient (Wildman–Crippen LogP) is 3.66. The van der Waals surface area contributed by atoms with Gasteiger partial charge in [-0.05, 0) is 23.4 Å². The van der Waals surface area contributed by atoms with Gasteiger partial charge < -0.3 is 10.6 Å². The third-order valence-electron chi connectivity index (χ3n) is 2.82. The van der Waals surface area contributed by atoms with Gasteiger partial charge in [0.1, 0.15) is 0 Å². The second kappa shape index (κ2) is 7.01. The summed E-state index contributed by atoms with van der Waals surface area (Å²) in [5.74, 6) is 0. The molecule has 0 aromatic heterocycles. The van der Waals surface area contributed by atoms with E-state index in [4.69, 9.17) is 5.53 Å². The monoisotopic (exact) mass is 269 g/mol. The zero-order valence-corrected chi connectivity index (χ0v) is 10.9. The molecule has 0 saturated carbocycles. The smallest absolute Gasteiger partial charge is 0.319 e. The van der Waals surface area contributed by atoms with Crippen molar-refractivity contribution in [3.8, 4) is 0 Å². The molecule has 0 bridgehead atoms. The van der Waals surface area contributed by atoms with Gasteiger partial charge in [-0.2, -0.15) is 0 Å². The molecule has 0 aliphatic rings. The molecule has 0 heterocycles. The summed E-state index contributed by atoms with van der Waals surface area (Å²) in [5.41, 5.74) is 8.90. The van der Waals surface area contributed by atoms with Gasteiger partial charge in [0.05, 0.1) is 5.69 Å². The Morgan fingerprint density at radius 3 is 2.85 bits per heavy atom. The van der Waals surface area contributed by atoms with Crippen LogP contribution in [0.15, 0.2) is 47.6 Å². The number of nitrogens with one attached hydrogen (secondary N) is 2. The van der Waals surface area contributed by atoms with Crippen LogP contribution >= 0.6 is 0 Å². The van der Waals surface area contributed by atoms with Crippen molar-refractivity contribution in [2.75, 3.05) is 18.4 Å². The van der Waals surface area contributed by atoms with Crippen molar-refractivity contribution in [3.63, 3.8) is 0 Å². The van der Waals surface area contributed by atoms with Crippen LogP contribution in [0.1, 0.15) is 6.42 Å². The van der Waals surface area contributed by atoms with Gasteiger partial charge in [-0.15, -0.1) is 0 Å². The Bertz CT molecular complexity index is 644. The second-order valence-electron chi connectivity index (χ2n) is 4.22. The van der Waals surface area contributed by atoms with Crippen molar-refractivity contribution in [2.24, 2.45) is 5.11 Å². The molecule has 0 aliphatic carbocycles. The van der Waals surface area contributed by atoms with Gasteiger partial charge in [0.2, 0.25) is 0 Å². The van der Waals surface area contributed by atoms with Crippen molar-refractivity contribution in [1.82, 2.24) is 5.32 Å². The van der Waals surface area contributed by atoms with E-state index in [-0.39, 0.29) is 6.03 Å². The molecule has 2 rings (SSSR count). The fourth-order valence-electron chi connectivity index (χ4n) is 1.90. The van der Waals surface area contributed by atoms with Gasteiger partial charge >= 0.3 is 6.03 Å². The van der Waals surface area contributed by atoms with E-state index >= 15 is 0 Å². The van der Waals surface area contributed by atoms with Crippen LogP contribution in [0.25, 0.3) is 21.2 Å². The average Bonchev–Trinajstić information content (AvgIpc) is 2.47. The largest absolute Gasteiger partial charge is 0.338 e. The first-order valence-electron chi connectivity index (χ1n) is 6.35. The van der Waals surface area contributed by atoms with Crippen LogP contribution in [0.2, 0.25) is 0 Å². The first-order valence-corrected chi connectivity index (χ1v) is 6.35. The molecule has 2 aromatic carbocycles. The molecule has 0 atom stereocenters. The standard InChI is InChI=1S/C14H15N5O/c15-19-17-10-4-9-16-14(20)18-13-8-3-6-11-5-1-2-7-12(11)13/h1-3,5-8H,4,9-10H2,(H2,16,18,20). The highest BCUT2D eigenvalue weighted by Gasteiger charge is 2.04. The summed E-state index contributed by atoms with van der Waals surface area (Å²) in [7, 11) is 0. The zero-order valence-electron chi connectivity index (χ0n) is 10.9. The molecule has 0 aliphatic heterocycles. The van der Waals surface area contributed by atoms with Crippen LogP contribution in [-0.4, -0.2) is 19.1 Å². The number of carbonyl (C=O) groups excluding carboxylic acids is 1. The average molecular weight is 269 g/mol. The minimum Gasteiger partial charge on any atom is -0.338 e. The number of anilines is 1. The topological polar surface area (TPSA) is 89.9 Å². The molecule has 0 saturated heterocycles. The van der Waals surface area contributed by atoms with Crippen LogP contribution < -0.4 is 10.6 Å². The molecule has 102 valence electrons. The number of hydrogen-bond donors (Lipinski definition) is 2. The fourth-order valence-corrected chi connectivity index (χ4v) is 1.90. The Morgan fingerprint density at radius 2 is 2.00 bits per heavy atom. The quantitative estimate of drug-likeness (QED) is 0.369. The summed E-state index contributed by atoms with van der Waals surface area (Å²) in [6, 6.07) is 13.4. The molecule has 0 fully saturated rings. The molecule has 6 heteroatoms. The number of amides is 2. The Morgan fingerprint density at radius 1 is 1.20 bits per heavy atom. The minimum absolute atomic E-state index is 0.262. The molecular weight excluding hydrogens is 254 g/mol. The fraction of sp³-hybridized carbons (Fsp3) is 0.214. The number of urea groups is 1. The summed E-state index contributed by atoms with van der Waals surface area (Å²) in [4.78, 5) is 14.4. The van der Waals surface area contributed by atoms with Crippen LogP contribution in [0.5, 0.6) is 0 Å². The lowest BCUT2D eigenvalue weighted by atomic mass is 10.1. The summed E-state index contributed by atoms with van der Waals surface area (Å²) >= 11 is 0. The summed E-state index contributed by atoms with van der Waals surface area (Å²) < 4.78 is 0. The number of azide groups is 1. The van der Waals surface area contributed by atoms with Crippen LogP contribution in [0, 0.1) is 0 Å². The predicted molar refractivity (Wildman–Crippen MR) is 79.6 cm³/mol. The molecule has 6 nitrogen and oxygen atoms in total. The summed E-state index contributed by atoms with van der Waals surface area (Å²) in [6.07, 6.45) is 0.618. The van der Waals surface area contributed by atoms with Gasteiger partial charge in [-0.25, -0.2) is 4.79 Å². The third kappa shape index (κ3) is 3.63. The van der Waals surface area contributed by atoms with Crippen LogP contribution in [0.4, 0.5) is 10.5 Å². The maximum atomic E-state index is 11.8. The van der Waals surface area contributed by atoms with Crippen molar-refractivity contribution in [2.45, 2.75) is 6.42 Å². The molecule has 2 N–H and O–H groups in total. The number of hydrogen-bond acceptors (Lipinski definition) is 2. The Labute approximate surface area is 116 Å². The van der Waals surface area contributed by atoms with Gasteiger partial charge in [-0.1, -0.05) is 41.5 Å². The van der Waals surface area contributed by atoms with E-state index in [1.54, 1.807) is 0 Å². The minimum atomic E-state index is -0.262. The molecule has 0 unspecified atom stereocenters. The number of benzene rings is 2. The molecule has 20 heavy (non-hydrogen) atoms. The van der Waals surface area contributed by atoms with Gasteiger partial charge in [0.15, 0.2) is 0 Å². The molecule has 2 aromatic rings. The number of rotatable bonds is 5. The highest BCUT2D eigenvalue weighted by atomic mass is 16.2. The molecule has 0 spiro atoms. The van der Waals surface area contributed by atoms with Crippen molar-refractivity contribution in [3.05, 3.63) is 52.9 Å². The number of nitrogens with zero attached hydrogens (tertiary/aromatic N) is 3. The van der Waals surface area contributed by atoms with E-state index in [1.165, 1.54) is 0 Å². The van der Waals surface area contributed by atoms with Gasteiger partial charge in [0, 0.05) is 23.4 Å². The van der Waals surface area contributed by atoms with Gasteiger partial charge in [0.25, 0.3) is 0 Å². The van der Waals surface area contributed by atoms with E-state index in [0.29, 0.717) is 19.5 Å². The molecule has 0 radical (unpaired) electrons. The number of fused-ring (bicyclic) bond motifs is 1. The number of carbonyl (C=O) groups is 1. The maximum Gasteiger partial charge on any atom is 0.319 e. The van der Waals surface area contributed by atoms with Crippen molar-refractivity contribution >= 4 is 22.5 Å². The molecule has 2 amide bonds. The van der Waals surface area contributed by atoms with E-state index in [2.05, 4.69) is 20.7 Å². The van der Waals surface area contributed by atoms with Crippen LogP contribution in [0.3, 0.4) is 0 Å². The highest BCUT2D eigenvalue weighted by Crippen LogP contribution is 2.22. The highest BCUT2D eigenvalue weighted by molar-refractivity contribution is 6.01. The maximum absolute atomic E-state index is 11.8. The van der Waals surface area contributed by atoms with Crippen molar-refractivity contribution in [1.29, 1.82) is 0 Å². The first-order chi connectivity index (χ1) is 9.81. The SMILES string of the molecule is [N-]=[N+]=NCCCNC(=O)Nc1cccc2ccccc12. The van der Waals surface area contributed by atoms with E-state index in [0.717, 1.165) is 16.5 Å². The normalized spacial score (nSPS) is 9.80. The first kappa shape index (κ1) is 13.7. The lowest BCUT2D eigenvalue weighted by Gasteiger charge is -2.09. The van der Waals surface area contributed by atoms with Crippen LogP contribution in [-0.2, 0) is 0 Å². The van der Waals surface area contributed by atoms with E-state index in [9.17, 15) is 4.79 Å².